The first kappa shape index (κ1) is 14.1. The van der Waals surface area contributed by atoms with Crippen LogP contribution in [0, 0.1) is 11.3 Å². The van der Waals surface area contributed by atoms with E-state index in [0.717, 1.165) is 11.3 Å². The Balaban J connectivity index is 1.79. The molecule has 0 radical (unpaired) electrons. The fourth-order valence-corrected chi connectivity index (χ4v) is 2.91. The molecular weight excluding hydrogens is 192 g/mol. The summed E-state index contributed by atoms with van der Waals surface area (Å²) in [7, 11) is 0. The zero-order chi connectivity index (χ0) is 11.9. The van der Waals surface area contributed by atoms with Crippen molar-refractivity contribution in [2.45, 2.75) is 91.4 Å². The number of rotatable bonds is 10. The van der Waals surface area contributed by atoms with Crippen LogP contribution >= 0.6 is 0 Å². The minimum atomic E-state index is 0.751. The highest BCUT2D eigenvalue weighted by Crippen LogP contribution is 2.57. The highest BCUT2D eigenvalue weighted by atomic mass is 14.5. The standard InChI is InChI=1S/C16H32/c1-4-6-7-8-9-10-11-12-13-15-14-16(15,3)5-2/h15H,4-14H2,1-3H3. The van der Waals surface area contributed by atoms with Gasteiger partial charge in [-0.25, -0.2) is 0 Å². The monoisotopic (exact) mass is 224 g/mol. The third-order valence-corrected chi connectivity index (χ3v) is 4.75. The largest absolute Gasteiger partial charge is 0.0654 e. The Morgan fingerprint density at radius 2 is 1.44 bits per heavy atom. The van der Waals surface area contributed by atoms with E-state index in [9.17, 15) is 0 Å². The first-order valence-electron chi connectivity index (χ1n) is 7.73. The molecule has 0 saturated heterocycles. The molecular formula is C16H32. The van der Waals surface area contributed by atoms with Gasteiger partial charge >= 0.3 is 0 Å². The second-order valence-electron chi connectivity index (χ2n) is 6.17. The van der Waals surface area contributed by atoms with Crippen molar-refractivity contribution in [3.63, 3.8) is 0 Å². The molecule has 0 heteroatoms. The second kappa shape index (κ2) is 7.35. The van der Waals surface area contributed by atoms with Crippen LogP contribution in [0.5, 0.6) is 0 Å². The van der Waals surface area contributed by atoms with Gasteiger partial charge in [-0.15, -0.1) is 0 Å². The fraction of sp³-hybridized carbons (Fsp3) is 1.00. The number of hydrogen-bond acceptors (Lipinski definition) is 0. The first-order chi connectivity index (χ1) is 7.73. The van der Waals surface area contributed by atoms with E-state index in [-0.39, 0.29) is 0 Å². The molecule has 1 saturated carbocycles. The summed E-state index contributed by atoms with van der Waals surface area (Å²) in [6, 6.07) is 0. The summed E-state index contributed by atoms with van der Waals surface area (Å²) < 4.78 is 0. The van der Waals surface area contributed by atoms with Crippen molar-refractivity contribution in [3.05, 3.63) is 0 Å². The molecule has 0 heterocycles. The normalized spacial score (nSPS) is 28.3. The lowest BCUT2D eigenvalue weighted by atomic mass is 9.99. The van der Waals surface area contributed by atoms with E-state index in [2.05, 4.69) is 20.8 Å². The molecule has 1 rings (SSSR count). The maximum absolute atomic E-state index is 2.47. The average molecular weight is 224 g/mol. The van der Waals surface area contributed by atoms with E-state index in [1.807, 2.05) is 0 Å². The zero-order valence-electron chi connectivity index (χ0n) is 11.9. The van der Waals surface area contributed by atoms with Crippen molar-refractivity contribution in [3.8, 4) is 0 Å². The van der Waals surface area contributed by atoms with E-state index in [1.54, 1.807) is 0 Å². The predicted octanol–water partition coefficient (Wildman–Crippen LogP) is 5.95. The molecule has 1 fully saturated rings. The summed E-state index contributed by atoms with van der Waals surface area (Å²) in [5, 5.41) is 0. The smallest absolute Gasteiger partial charge is 0.0297 e. The van der Waals surface area contributed by atoms with Crippen LogP contribution in [0.15, 0.2) is 0 Å². The molecule has 0 spiro atoms. The maximum Gasteiger partial charge on any atom is -0.0297 e. The lowest BCUT2D eigenvalue weighted by Gasteiger charge is -2.06. The molecule has 2 atom stereocenters. The highest BCUT2D eigenvalue weighted by Gasteiger charge is 2.46. The molecule has 0 aromatic rings. The highest BCUT2D eigenvalue weighted by molar-refractivity contribution is 4.97. The summed E-state index contributed by atoms with van der Waals surface area (Å²) in [6.07, 6.45) is 16.1. The molecule has 96 valence electrons. The molecule has 0 bridgehead atoms. The lowest BCUT2D eigenvalue weighted by Crippen LogP contribution is -1.95. The van der Waals surface area contributed by atoms with Crippen molar-refractivity contribution < 1.29 is 0 Å². The Bertz CT molecular complexity index is 173. The van der Waals surface area contributed by atoms with Gasteiger partial charge in [0.25, 0.3) is 0 Å². The van der Waals surface area contributed by atoms with E-state index in [0.29, 0.717) is 0 Å². The van der Waals surface area contributed by atoms with Gasteiger partial charge in [0.15, 0.2) is 0 Å². The summed E-state index contributed by atoms with van der Waals surface area (Å²) in [4.78, 5) is 0. The zero-order valence-corrected chi connectivity index (χ0v) is 11.9. The van der Waals surface area contributed by atoms with Crippen LogP contribution in [0.1, 0.15) is 91.4 Å². The van der Waals surface area contributed by atoms with E-state index < -0.39 is 0 Å². The van der Waals surface area contributed by atoms with Gasteiger partial charge < -0.3 is 0 Å². The predicted molar refractivity (Wildman–Crippen MR) is 73.7 cm³/mol. The Morgan fingerprint density at radius 1 is 0.875 bits per heavy atom. The molecule has 0 nitrogen and oxygen atoms in total. The Kier molecular flexibility index (Phi) is 6.46. The number of hydrogen-bond donors (Lipinski definition) is 0. The third-order valence-electron chi connectivity index (χ3n) is 4.75. The van der Waals surface area contributed by atoms with Crippen LogP contribution in [0.2, 0.25) is 0 Å². The van der Waals surface area contributed by atoms with Gasteiger partial charge in [-0.05, 0) is 24.2 Å². The topological polar surface area (TPSA) is 0 Å². The van der Waals surface area contributed by atoms with Crippen molar-refractivity contribution in [2.75, 3.05) is 0 Å². The SMILES string of the molecule is CCCCCCCCCCC1CC1(C)CC. The quantitative estimate of drug-likeness (QED) is 0.402. The minimum absolute atomic E-state index is 0.751. The van der Waals surface area contributed by atoms with Crippen molar-refractivity contribution in [2.24, 2.45) is 11.3 Å². The van der Waals surface area contributed by atoms with Crippen LogP contribution in [0.4, 0.5) is 0 Å². The van der Waals surface area contributed by atoms with Crippen molar-refractivity contribution in [1.29, 1.82) is 0 Å². The molecule has 0 amide bonds. The Morgan fingerprint density at radius 3 is 1.94 bits per heavy atom. The van der Waals surface area contributed by atoms with E-state index in [4.69, 9.17) is 0 Å². The van der Waals surface area contributed by atoms with Gasteiger partial charge in [-0.3, -0.25) is 0 Å². The van der Waals surface area contributed by atoms with Crippen molar-refractivity contribution in [1.82, 2.24) is 0 Å². The molecule has 0 aliphatic heterocycles. The minimum Gasteiger partial charge on any atom is -0.0654 e. The number of unbranched alkanes of at least 4 members (excludes halogenated alkanes) is 7. The Labute approximate surface area is 103 Å². The second-order valence-corrected chi connectivity index (χ2v) is 6.17. The maximum atomic E-state index is 2.47. The van der Waals surface area contributed by atoms with Crippen molar-refractivity contribution >= 4 is 0 Å². The van der Waals surface area contributed by atoms with Crippen LogP contribution in [0.3, 0.4) is 0 Å². The molecule has 16 heavy (non-hydrogen) atoms. The molecule has 1 aliphatic carbocycles. The van der Waals surface area contributed by atoms with Gasteiger partial charge in [0, 0.05) is 0 Å². The van der Waals surface area contributed by atoms with Gasteiger partial charge in [-0.2, -0.15) is 0 Å². The lowest BCUT2D eigenvalue weighted by molar-refractivity contribution is 0.450. The van der Waals surface area contributed by atoms with Gasteiger partial charge in [-0.1, -0.05) is 78.6 Å². The summed E-state index contributed by atoms with van der Waals surface area (Å²) in [5.74, 6) is 1.08. The van der Waals surface area contributed by atoms with Gasteiger partial charge in [0.05, 0.1) is 0 Å². The van der Waals surface area contributed by atoms with Crippen LogP contribution in [-0.2, 0) is 0 Å². The average Bonchev–Trinajstić information content (AvgIpc) is 2.95. The molecule has 2 unspecified atom stereocenters. The van der Waals surface area contributed by atoms with E-state index in [1.165, 1.54) is 70.6 Å². The molecule has 1 aliphatic rings. The third kappa shape index (κ3) is 4.89. The molecule has 0 N–H and O–H groups in total. The fourth-order valence-electron chi connectivity index (χ4n) is 2.91. The van der Waals surface area contributed by atoms with E-state index >= 15 is 0 Å². The first-order valence-corrected chi connectivity index (χ1v) is 7.73. The summed E-state index contributed by atoms with van der Waals surface area (Å²) >= 11 is 0. The summed E-state index contributed by atoms with van der Waals surface area (Å²) in [6.45, 7) is 7.12. The van der Waals surface area contributed by atoms with Gasteiger partial charge in [0.1, 0.15) is 0 Å². The summed E-state index contributed by atoms with van der Waals surface area (Å²) in [5.41, 5.74) is 0.751. The molecule has 0 aromatic heterocycles. The van der Waals surface area contributed by atoms with Gasteiger partial charge in [0.2, 0.25) is 0 Å². The molecule has 0 aromatic carbocycles. The van der Waals surface area contributed by atoms with Crippen LogP contribution < -0.4 is 0 Å². The van der Waals surface area contributed by atoms with Crippen LogP contribution in [-0.4, -0.2) is 0 Å². The Hall–Kier alpha value is 0. The van der Waals surface area contributed by atoms with Crippen LogP contribution in [0.25, 0.3) is 0 Å².